The number of nitrogens with two attached hydrogens (primary N) is 1. The lowest BCUT2D eigenvalue weighted by Gasteiger charge is -2.28. The highest BCUT2D eigenvalue weighted by Gasteiger charge is 2.50. The summed E-state index contributed by atoms with van der Waals surface area (Å²) in [5, 5.41) is 18.9. The Bertz CT molecular complexity index is 156. The number of aliphatic hydroxyl groups excluding tert-OH is 2. The number of hydrogen-bond acceptors (Lipinski definition) is 3. The minimum Gasteiger partial charge on any atom is -0.390 e. The monoisotopic (exact) mass is 157 g/mol. The molecule has 5 atom stereocenters. The molecule has 3 nitrogen and oxygen atoms in total. The standard InChI is InChI=1S/C8H15NO2/c9-3-5-1-4-2-6(5)8(11)7(4)10/h4-8,10-11H,1-3,9H2. The molecule has 2 rings (SSSR count). The molecular formula is C8H15NO2. The molecule has 11 heavy (non-hydrogen) atoms. The van der Waals surface area contributed by atoms with Crippen LogP contribution >= 0.6 is 0 Å². The van der Waals surface area contributed by atoms with Crippen LogP contribution in [0.2, 0.25) is 0 Å². The van der Waals surface area contributed by atoms with Gasteiger partial charge in [0.25, 0.3) is 0 Å². The van der Waals surface area contributed by atoms with E-state index in [2.05, 4.69) is 0 Å². The van der Waals surface area contributed by atoms with Gasteiger partial charge in [0.1, 0.15) is 0 Å². The molecule has 0 amide bonds. The van der Waals surface area contributed by atoms with Gasteiger partial charge < -0.3 is 15.9 Å². The summed E-state index contributed by atoms with van der Waals surface area (Å²) in [6.45, 7) is 0.658. The molecule has 0 heterocycles. The molecule has 2 fully saturated rings. The van der Waals surface area contributed by atoms with Gasteiger partial charge in [0.05, 0.1) is 12.2 Å². The van der Waals surface area contributed by atoms with Gasteiger partial charge in [-0.15, -0.1) is 0 Å². The van der Waals surface area contributed by atoms with Gasteiger partial charge in [-0.25, -0.2) is 0 Å². The topological polar surface area (TPSA) is 66.5 Å². The number of rotatable bonds is 1. The number of fused-ring (bicyclic) bond motifs is 2. The fraction of sp³-hybridized carbons (Fsp3) is 1.00. The second kappa shape index (κ2) is 2.44. The zero-order valence-electron chi connectivity index (χ0n) is 6.48. The summed E-state index contributed by atoms with van der Waals surface area (Å²) < 4.78 is 0. The maximum atomic E-state index is 9.48. The Labute approximate surface area is 66.2 Å². The molecule has 2 aliphatic carbocycles. The lowest BCUT2D eigenvalue weighted by Crippen LogP contribution is -2.38. The molecular weight excluding hydrogens is 142 g/mol. The average Bonchev–Trinajstić information content (AvgIpc) is 2.53. The molecule has 0 aliphatic heterocycles. The summed E-state index contributed by atoms with van der Waals surface area (Å²) in [5.74, 6) is 1.06. The van der Waals surface area contributed by atoms with Crippen molar-refractivity contribution in [3.05, 3.63) is 0 Å². The summed E-state index contributed by atoms with van der Waals surface area (Å²) in [6, 6.07) is 0. The van der Waals surface area contributed by atoms with Gasteiger partial charge in [0, 0.05) is 0 Å². The van der Waals surface area contributed by atoms with Gasteiger partial charge in [-0.05, 0) is 37.1 Å². The Morgan fingerprint density at radius 1 is 1.18 bits per heavy atom. The lowest BCUT2D eigenvalue weighted by atomic mass is 9.85. The van der Waals surface area contributed by atoms with E-state index in [0.29, 0.717) is 18.4 Å². The van der Waals surface area contributed by atoms with Crippen LogP contribution in [0.5, 0.6) is 0 Å². The van der Waals surface area contributed by atoms with E-state index in [-0.39, 0.29) is 5.92 Å². The van der Waals surface area contributed by atoms with E-state index >= 15 is 0 Å². The molecule has 2 bridgehead atoms. The molecule has 2 aliphatic rings. The predicted molar refractivity (Wildman–Crippen MR) is 40.8 cm³/mol. The summed E-state index contributed by atoms with van der Waals surface area (Å²) in [6.07, 6.45) is 1.02. The molecule has 64 valence electrons. The molecule has 0 saturated heterocycles. The quantitative estimate of drug-likeness (QED) is 0.472. The molecule has 0 aromatic carbocycles. The minimum absolute atomic E-state index is 0.278. The molecule has 0 aromatic heterocycles. The SMILES string of the molecule is NCC1CC2CC1C(O)C2O. The fourth-order valence-electron chi connectivity index (χ4n) is 2.70. The lowest BCUT2D eigenvalue weighted by molar-refractivity contribution is -0.0322. The molecule has 0 radical (unpaired) electrons. The van der Waals surface area contributed by atoms with Gasteiger partial charge in [0.2, 0.25) is 0 Å². The first-order chi connectivity index (χ1) is 5.24. The van der Waals surface area contributed by atoms with Gasteiger partial charge >= 0.3 is 0 Å². The van der Waals surface area contributed by atoms with E-state index < -0.39 is 12.2 Å². The van der Waals surface area contributed by atoms with Crippen LogP contribution < -0.4 is 5.73 Å². The summed E-state index contributed by atoms with van der Waals surface area (Å²) in [5.41, 5.74) is 5.54. The normalized spacial score (nSPS) is 55.4. The van der Waals surface area contributed by atoms with Gasteiger partial charge in [-0.2, -0.15) is 0 Å². The Morgan fingerprint density at radius 3 is 2.36 bits per heavy atom. The third kappa shape index (κ3) is 0.916. The van der Waals surface area contributed by atoms with E-state index in [1.54, 1.807) is 0 Å². The Balaban J connectivity index is 2.10. The smallest absolute Gasteiger partial charge is 0.0833 e. The molecule has 2 saturated carbocycles. The van der Waals surface area contributed by atoms with Crippen LogP contribution in [0.3, 0.4) is 0 Å². The second-order valence-electron chi connectivity index (χ2n) is 3.87. The Kier molecular flexibility index (Phi) is 1.67. The largest absolute Gasteiger partial charge is 0.390 e. The zero-order chi connectivity index (χ0) is 8.01. The first-order valence-corrected chi connectivity index (χ1v) is 4.30. The van der Waals surface area contributed by atoms with Crippen LogP contribution in [0, 0.1) is 17.8 Å². The van der Waals surface area contributed by atoms with Crippen LogP contribution in [0.25, 0.3) is 0 Å². The average molecular weight is 157 g/mol. The van der Waals surface area contributed by atoms with Crippen molar-refractivity contribution >= 4 is 0 Å². The van der Waals surface area contributed by atoms with E-state index in [1.807, 2.05) is 0 Å². The number of aliphatic hydroxyl groups is 2. The van der Waals surface area contributed by atoms with Gasteiger partial charge in [0.15, 0.2) is 0 Å². The first-order valence-electron chi connectivity index (χ1n) is 4.30. The highest BCUT2D eigenvalue weighted by atomic mass is 16.3. The van der Waals surface area contributed by atoms with E-state index in [4.69, 9.17) is 5.73 Å². The molecule has 5 unspecified atom stereocenters. The van der Waals surface area contributed by atoms with Crippen LogP contribution in [0.4, 0.5) is 0 Å². The predicted octanol–water partition coefficient (Wildman–Crippen LogP) is -0.677. The molecule has 3 heteroatoms. The van der Waals surface area contributed by atoms with Crippen molar-refractivity contribution in [1.82, 2.24) is 0 Å². The second-order valence-corrected chi connectivity index (χ2v) is 3.87. The molecule has 0 spiro atoms. The van der Waals surface area contributed by atoms with Crippen molar-refractivity contribution < 1.29 is 10.2 Å². The highest BCUT2D eigenvalue weighted by Crippen LogP contribution is 2.47. The van der Waals surface area contributed by atoms with Crippen molar-refractivity contribution in [3.8, 4) is 0 Å². The number of hydrogen-bond donors (Lipinski definition) is 3. The third-order valence-corrected chi connectivity index (χ3v) is 3.36. The van der Waals surface area contributed by atoms with Gasteiger partial charge in [-0.3, -0.25) is 0 Å². The molecule has 4 N–H and O–H groups in total. The van der Waals surface area contributed by atoms with Crippen molar-refractivity contribution in [2.45, 2.75) is 25.0 Å². The van der Waals surface area contributed by atoms with Crippen molar-refractivity contribution in [3.63, 3.8) is 0 Å². The van der Waals surface area contributed by atoms with Crippen LogP contribution in [-0.2, 0) is 0 Å². The third-order valence-electron chi connectivity index (χ3n) is 3.36. The van der Waals surface area contributed by atoms with Crippen molar-refractivity contribution in [2.75, 3.05) is 6.54 Å². The van der Waals surface area contributed by atoms with Crippen LogP contribution in [-0.4, -0.2) is 29.0 Å². The summed E-state index contributed by atoms with van der Waals surface area (Å²) in [4.78, 5) is 0. The maximum absolute atomic E-state index is 9.48. The fourth-order valence-corrected chi connectivity index (χ4v) is 2.70. The first kappa shape index (κ1) is 7.53. The molecule has 0 aromatic rings. The Hall–Kier alpha value is -0.120. The summed E-state index contributed by atoms with van der Waals surface area (Å²) in [7, 11) is 0. The van der Waals surface area contributed by atoms with E-state index in [1.165, 1.54) is 0 Å². The Morgan fingerprint density at radius 2 is 1.91 bits per heavy atom. The van der Waals surface area contributed by atoms with E-state index in [9.17, 15) is 10.2 Å². The van der Waals surface area contributed by atoms with Crippen molar-refractivity contribution in [2.24, 2.45) is 23.5 Å². The van der Waals surface area contributed by atoms with Crippen LogP contribution in [0.1, 0.15) is 12.8 Å². The van der Waals surface area contributed by atoms with Crippen molar-refractivity contribution in [1.29, 1.82) is 0 Å². The van der Waals surface area contributed by atoms with Crippen LogP contribution in [0.15, 0.2) is 0 Å². The van der Waals surface area contributed by atoms with Gasteiger partial charge in [-0.1, -0.05) is 0 Å². The maximum Gasteiger partial charge on any atom is 0.0833 e. The summed E-state index contributed by atoms with van der Waals surface area (Å²) >= 11 is 0. The zero-order valence-corrected chi connectivity index (χ0v) is 6.48. The van der Waals surface area contributed by atoms with E-state index in [0.717, 1.165) is 12.8 Å². The minimum atomic E-state index is -0.498. The highest BCUT2D eigenvalue weighted by molar-refractivity contribution is 5.01.